The van der Waals surface area contributed by atoms with Crippen LogP contribution in [0.3, 0.4) is 0 Å². The molecule has 4 heteroatoms. The molecule has 1 aliphatic rings. The monoisotopic (exact) mass is 299 g/mol. The minimum absolute atomic E-state index is 0.509. The van der Waals surface area contributed by atoms with E-state index in [0.717, 1.165) is 17.3 Å². The summed E-state index contributed by atoms with van der Waals surface area (Å²) < 4.78 is 12.8. The van der Waals surface area contributed by atoms with Gasteiger partial charge in [-0.2, -0.15) is 0 Å². The van der Waals surface area contributed by atoms with Gasteiger partial charge in [-0.05, 0) is 43.1 Å². The lowest BCUT2D eigenvalue weighted by Gasteiger charge is -2.27. The first-order valence-electron chi connectivity index (χ1n) is 5.88. The van der Waals surface area contributed by atoms with Gasteiger partial charge >= 0.3 is 0 Å². The van der Waals surface area contributed by atoms with Gasteiger partial charge in [-0.1, -0.05) is 22.0 Å². The lowest BCUT2D eigenvalue weighted by molar-refractivity contribution is -0.236. The molecule has 1 aliphatic heterocycles. The summed E-state index contributed by atoms with van der Waals surface area (Å²) in [4.78, 5) is 0. The second-order valence-corrected chi connectivity index (χ2v) is 5.43. The molecule has 1 aromatic carbocycles. The molecular formula is C13H18BrNO2. The highest BCUT2D eigenvalue weighted by Gasteiger charge is 2.28. The highest BCUT2D eigenvalue weighted by Crippen LogP contribution is 2.29. The molecule has 0 saturated carbocycles. The van der Waals surface area contributed by atoms with E-state index in [0.29, 0.717) is 19.8 Å². The largest absolute Gasteiger partial charge is 0.346 e. The Morgan fingerprint density at radius 2 is 2.00 bits per heavy atom. The van der Waals surface area contributed by atoms with Crippen LogP contribution in [0.1, 0.15) is 30.9 Å². The molecule has 94 valence electrons. The van der Waals surface area contributed by atoms with Gasteiger partial charge in [0, 0.05) is 10.9 Å². The van der Waals surface area contributed by atoms with Gasteiger partial charge in [-0.15, -0.1) is 0 Å². The Labute approximate surface area is 110 Å². The summed E-state index contributed by atoms with van der Waals surface area (Å²) >= 11 is 3.47. The van der Waals surface area contributed by atoms with Crippen molar-refractivity contribution < 1.29 is 9.47 Å². The molecule has 1 heterocycles. The van der Waals surface area contributed by atoms with E-state index in [-0.39, 0.29) is 0 Å². The van der Waals surface area contributed by atoms with Crippen LogP contribution in [0, 0.1) is 0 Å². The first kappa shape index (κ1) is 13.0. The normalized spacial score (nSPS) is 24.2. The smallest absolute Gasteiger partial charge is 0.166 e. The second kappa shape index (κ2) is 5.48. The van der Waals surface area contributed by atoms with Gasteiger partial charge in [0.15, 0.2) is 5.79 Å². The fraction of sp³-hybridized carbons (Fsp3) is 0.538. The second-order valence-electron chi connectivity index (χ2n) is 4.52. The first-order valence-corrected chi connectivity index (χ1v) is 6.67. The summed E-state index contributed by atoms with van der Waals surface area (Å²) in [5.41, 5.74) is 7.92. The molecule has 0 spiro atoms. The summed E-state index contributed by atoms with van der Waals surface area (Å²) in [6, 6.07) is 6.20. The van der Waals surface area contributed by atoms with E-state index in [2.05, 4.69) is 28.1 Å². The summed E-state index contributed by atoms with van der Waals surface area (Å²) in [7, 11) is 0. The van der Waals surface area contributed by atoms with Gasteiger partial charge in [0.2, 0.25) is 0 Å². The van der Waals surface area contributed by atoms with Gasteiger partial charge in [-0.3, -0.25) is 0 Å². The average molecular weight is 300 g/mol. The van der Waals surface area contributed by atoms with Crippen molar-refractivity contribution in [3.63, 3.8) is 0 Å². The van der Waals surface area contributed by atoms with Crippen molar-refractivity contribution in [3.05, 3.63) is 33.8 Å². The lowest BCUT2D eigenvalue weighted by atomic mass is 10.1. The highest BCUT2D eigenvalue weighted by atomic mass is 79.9. The van der Waals surface area contributed by atoms with Crippen molar-refractivity contribution in [2.24, 2.45) is 5.73 Å². The Morgan fingerprint density at radius 1 is 1.29 bits per heavy atom. The Bertz CT molecular complexity index is 397. The molecule has 2 N–H and O–H groups in total. The zero-order valence-electron chi connectivity index (χ0n) is 10.0. The van der Waals surface area contributed by atoms with Gasteiger partial charge in [-0.25, -0.2) is 0 Å². The van der Waals surface area contributed by atoms with Crippen LogP contribution in [0.15, 0.2) is 22.7 Å². The summed E-state index contributed by atoms with van der Waals surface area (Å²) in [6.07, 6.45) is 1.75. The van der Waals surface area contributed by atoms with Gasteiger partial charge < -0.3 is 15.2 Å². The quantitative estimate of drug-likeness (QED) is 0.933. The molecule has 0 amide bonds. The molecule has 1 atom stereocenters. The Hall–Kier alpha value is -0.420. The van der Waals surface area contributed by atoms with Crippen molar-refractivity contribution in [3.8, 4) is 0 Å². The number of halogens is 1. The molecule has 1 unspecified atom stereocenters. The van der Waals surface area contributed by atoms with Crippen molar-refractivity contribution in [2.45, 2.75) is 38.8 Å². The summed E-state index contributed by atoms with van der Waals surface area (Å²) in [5.74, 6) is -0.509. The van der Waals surface area contributed by atoms with Crippen LogP contribution in [-0.2, 0) is 22.7 Å². The topological polar surface area (TPSA) is 44.5 Å². The third-order valence-electron chi connectivity index (χ3n) is 3.07. The third kappa shape index (κ3) is 3.28. The fourth-order valence-corrected chi connectivity index (χ4v) is 2.35. The molecule has 3 nitrogen and oxygen atoms in total. The number of benzene rings is 1. The first-order chi connectivity index (χ1) is 8.13. The number of hydrogen-bond acceptors (Lipinski definition) is 3. The molecule has 0 bridgehead atoms. The third-order valence-corrected chi connectivity index (χ3v) is 3.56. The molecule has 1 aromatic rings. The van der Waals surface area contributed by atoms with E-state index >= 15 is 0 Å². The molecule has 17 heavy (non-hydrogen) atoms. The van der Waals surface area contributed by atoms with Gasteiger partial charge in [0.1, 0.15) is 0 Å². The maximum atomic E-state index is 5.88. The fourth-order valence-electron chi connectivity index (χ4n) is 1.94. The molecule has 0 aliphatic carbocycles. The molecule has 0 saturated heterocycles. The maximum Gasteiger partial charge on any atom is 0.166 e. The highest BCUT2D eigenvalue weighted by molar-refractivity contribution is 9.10. The predicted octanol–water partition coefficient (Wildman–Crippen LogP) is 2.95. The number of nitrogens with two attached hydrogens (primary N) is 1. The maximum absolute atomic E-state index is 5.88. The van der Waals surface area contributed by atoms with Gasteiger partial charge in [0.05, 0.1) is 13.2 Å². The van der Waals surface area contributed by atoms with E-state index in [9.17, 15) is 0 Å². The average Bonchev–Trinajstić information content (AvgIpc) is 2.48. The Balaban J connectivity index is 2.10. The predicted molar refractivity (Wildman–Crippen MR) is 70.4 cm³/mol. The van der Waals surface area contributed by atoms with E-state index < -0.39 is 5.79 Å². The van der Waals surface area contributed by atoms with E-state index in [1.165, 1.54) is 11.1 Å². The van der Waals surface area contributed by atoms with Crippen LogP contribution in [0.5, 0.6) is 0 Å². The molecule has 0 aromatic heterocycles. The number of fused-ring (bicyclic) bond motifs is 1. The van der Waals surface area contributed by atoms with Crippen molar-refractivity contribution in [1.82, 2.24) is 0 Å². The zero-order valence-corrected chi connectivity index (χ0v) is 11.6. The van der Waals surface area contributed by atoms with Crippen LogP contribution in [-0.4, -0.2) is 12.3 Å². The van der Waals surface area contributed by atoms with Crippen molar-refractivity contribution in [1.29, 1.82) is 0 Å². The van der Waals surface area contributed by atoms with Crippen LogP contribution in [0.4, 0.5) is 0 Å². The van der Waals surface area contributed by atoms with Crippen LogP contribution in [0.2, 0.25) is 0 Å². The number of ether oxygens (including phenoxy) is 2. The molecule has 0 fully saturated rings. The van der Waals surface area contributed by atoms with E-state index in [1.807, 2.05) is 13.0 Å². The van der Waals surface area contributed by atoms with E-state index in [4.69, 9.17) is 15.2 Å². The molecular weight excluding hydrogens is 282 g/mol. The Morgan fingerprint density at radius 3 is 2.71 bits per heavy atom. The lowest BCUT2D eigenvalue weighted by Crippen LogP contribution is -2.31. The number of hydrogen-bond donors (Lipinski definition) is 1. The zero-order chi connectivity index (χ0) is 12.3. The minimum atomic E-state index is -0.509. The molecule has 0 radical (unpaired) electrons. The minimum Gasteiger partial charge on any atom is -0.346 e. The molecule has 2 rings (SSSR count). The van der Waals surface area contributed by atoms with Crippen LogP contribution >= 0.6 is 15.9 Å². The van der Waals surface area contributed by atoms with Crippen molar-refractivity contribution in [2.75, 3.05) is 6.54 Å². The van der Waals surface area contributed by atoms with Crippen LogP contribution < -0.4 is 5.73 Å². The summed E-state index contributed by atoms with van der Waals surface area (Å²) in [6.45, 7) is 3.85. The number of rotatable bonds is 3. The Kier molecular flexibility index (Phi) is 4.20. The van der Waals surface area contributed by atoms with E-state index in [1.54, 1.807) is 0 Å². The summed E-state index contributed by atoms with van der Waals surface area (Å²) in [5, 5.41) is 0. The SMILES string of the molecule is CC1(CCCN)OCc2ccc(Br)cc2CO1. The van der Waals surface area contributed by atoms with Gasteiger partial charge in [0.25, 0.3) is 0 Å². The van der Waals surface area contributed by atoms with Crippen LogP contribution in [0.25, 0.3) is 0 Å². The van der Waals surface area contributed by atoms with Crippen molar-refractivity contribution >= 4 is 15.9 Å². The standard InChI is InChI=1S/C13H18BrNO2/c1-13(5-2-6-15)16-8-10-3-4-12(14)7-11(10)9-17-13/h3-4,7H,2,5-6,8-9,15H2,1H3.